The summed E-state index contributed by atoms with van der Waals surface area (Å²) >= 11 is 0. The molecule has 1 saturated heterocycles. The molecule has 0 amide bonds. The summed E-state index contributed by atoms with van der Waals surface area (Å²) in [6, 6.07) is 4.75. The van der Waals surface area contributed by atoms with Crippen LogP contribution in [-0.4, -0.2) is 56.2 Å². The Labute approximate surface area is 166 Å². The van der Waals surface area contributed by atoms with Gasteiger partial charge in [0.2, 0.25) is 0 Å². The van der Waals surface area contributed by atoms with Gasteiger partial charge in [-0.2, -0.15) is 0 Å². The van der Waals surface area contributed by atoms with Crippen LogP contribution >= 0.6 is 0 Å². The highest BCUT2D eigenvalue weighted by Gasteiger charge is 2.80. The minimum Gasteiger partial charge on any atom is -0.493 e. The third-order valence-electron chi connectivity index (χ3n) is 9.32. The third-order valence-corrected chi connectivity index (χ3v) is 9.32. The monoisotopic (exact) mass is 383 g/mol. The van der Waals surface area contributed by atoms with E-state index in [1.165, 1.54) is 11.1 Å². The van der Waals surface area contributed by atoms with Gasteiger partial charge >= 0.3 is 0 Å². The van der Waals surface area contributed by atoms with Gasteiger partial charge in [-0.05, 0) is 64.3 Å². The molecule has 150 valence electrons. The molecule has 2 aliphatic heterocycles. The molecule has 4 aliphatic carbocycles. The Morgan fingerprint density at radius 1 is 1.25 bits per heavy atom. The van der Waals surface area contributed by atoms with Gasteiger partial charge in [0.1, 0.15) is 17.5 Å². The zero-order valence-corrected chi connectivity index (χ0v) is 17.2. The van der Waals surface area contributed by atoms with Gasteiger partial charge in [0.05, 0.1) is 13.0 Å². The summed E-state index contributed by atoms with van der Waals surface area (Å²) < 4.78 is 18.8. The lowest BCUT2D eigenvalue weighted by atomic mass is 9.34. The first-order valence-corrected chi connectivity index (χ1v) is 10.6. The van der Waals surface area contributed by atoms with Crippen LogP contribution in [0.15, 0.2) is 12.1 Å². The molecule has 6 aliphatic rings. The maximum atomic E-state index is 12.8. The number of methoxy groups -OCH3 is 2. The number of fused-ring (bicyclic) bond motifs is 2. The molecule has 2 spiro atoms. The molecule has 0 radical (unpaired) electrons. The Morgan fingerprint density at radius 3 is 2.79 bits per heavy atom. The topological polar surface area (TPSA) is 48.0 Å². The Bertz CT molecular complexity index is 899. The molecule has 4 fully saturated rings. The van der Waals surface area contributed by atoms with E-state index in [1.54, 1.807) is 21.1 Å². The van der Waals surface area contributed by atoms with Gasteiger partial charge in [-0.1, -0.05) is 6.07 Å². The standard InChI is InChI=1S/C23H29NO4/c1-13(25)15-12-21-7-8-23(15,27-4)20-22(21)9-10-24(2)17(21)11-14-5-6-16(26-3)19(28-20)18(14)22/h5-6,15,17,20H,7-12H2,1-4H3/t15-,17-,20+,21+,22+,23+/m0/s1. The van der Waals surface area contributed by atoms with Crippen LogP contribution in [0.2, 0.25) is 0 Å². The molecule has 3 saturated carbocycles. The van der Waals surface area contributed by atoms with Crippen molar-refractivity contribution < 1.29 is 19.0 Å². The second kappa shape index (κ2) is 5.11. The quantitative estimate of drug-likeness (QED) is 0.803. The van der Waals surface area contributed by atoms with Crippen molar-refractivity contribution in [2.45, 2.75) is 62.2 Å². The van der Waals surface area contributed by atoms with Gasteiger partial charge in [0.25, 0.3) is 0 Å². The predicted molar refractivity (Wildman–Crippen MR) is 104 cm³/mol. The van der Waals surface area contributed by atoms with Crippen LogP contribution in [0.25, 0.3) is 0 Å². The summed E-state index contributed by atoms with van der Waals surface area (Å²) in [7, 11) is 5.77. The molecule has 2 heterocycles. The number of rotatable bonds is 3. The maximum absolute atomic E-state index is 12.8. The van der Waals surface area contributed by atoms with E-state index in [2.05, 4.69) is 24.1 Å². The third kappa shape index (κ3) is 1.53. The predicted octanol–water partition coefficient (Wildman–Crippen LogP) is 2.73. The SMILES string of the molecule is COc1ccc2c3c1O[C@H]1[C@@]4(OC)CC[C@@]5(C[C@H]4C(C)=O)[C@H](C2)N(C)CC[C@@]315. The lowest BCUT2D eigenvalue weighted by molar-refractivity contribution is -0.270. The number of likely N-dealkylation sites (N-methyl/N-ethyl adjacent to an activating group) is 1. The lowest BCUT2D eigenvalue weighted by Crippen LogP contribution is -2.81. The number of Topliss-reactive ketones (excluding diaryl/α,β-unsaturated/α-hetero) is 1. The first-order valence-electron chi connectivity index (χ1n) is 10.6. The Balaban J connectivity index is 1.69. The summed E-state index contributed by atoms with van der Waals surface area (Å²) in [5.74, 6) is 1.89. The fraction of sp³-hybridized carbons (Fsp3) is 0.696. The molecular weight excluding hydrogens is 354 g/mol. The molecule has 0 unspecified atom stereocenters. The van der Waals surface area contributed by atoms with Crippen LogP contribution in [0.3, 0.4) is 0 Å². The van der Waals surface area contributed by atoms with Crippen molar-refractivity contribution in [3.63, 3.8) is 0 Å². The Morgan fingerprint density at radius 2 is 2.07 bits per heavy atom. The number of nitrogens with zero attached hydrogens (tertiary/aromatic N) is 1. The smallest absolute Gasteiger partial charge is 0.165 e. The number of benzene rings is 1. The Hall–Kier alpha value is -1.59. The number of ketones is 1. The second-order valence-corrected chi connectivity index (χ2v) is 9.73. The number of carbonyl (C=O) groups excluding carboxylic acids is 1. The number of piperidine rings is 1. The summed E-state index contributed by atoms with van der Waals surface area (Å²) in [5.41, 5.74) is 2.25. The summed E-state index contributed by atoms with van der Waals surface area (Å²) in [6.07, 6.45) is 4.91. The second-order valence-electron chi connectivity index (χ2n) is 9.73. The number of carbonyl (C=O) groups is 1. The lowest BCUT2D eigenvalue weighted by Gasteiger charge is -2.73. The van der Waals surface area contributed by atoms with Crippen molar-refractivity contribution in [2.75, 3.05) is 27.8 Å². The molecule has 7 rings (SSSR count). The first-order chi connectivity index (χ1) is 13.4. The largest absolute Gasteiger partial charge is 0.493 e. The van der Waals surface area contributed by atoms with E-state index in [9.17, 15) is 4.79 Å². The van der Waals surface area contributed by atoms with E-state index < -0.39 is 5.60 Å². The number of hydrogen-bond acceptors (Lipinski definition) is 5. The van der Waals surface area contributed by atoms with Gasteiger partial charge in [-0.3, -0.25) is 4.79 Å². The highest BCUT2D eigenvalue weighted by Crippen LogP contribution is 2.76. The maximum Gasteiger partial charge on any atom is 0.165 e. The summed E-state index contributed by atoms with van der Waals surface area (Å²) in [5, 5.41) is 0. The van der Waals surface area contributed by atoms with Crippen molar-refractivity contribution in [2.24, 2.45) is 11.3 Å². The van der Waals surface area contributed by atoms with Crippen molar-refractivity contribution in [1.82, 2.24) is 4.90 Å². The van der Waals surface area contributed by atoms with Crippen molar-refractivity contribution >= 4 is 5.78 Å². The minimum atomic E-state index is -0.535. The van der Waals surface area contributed by atoms with E-state index >= 15 is 0 Å². The highest BCUT2D eigenvalue weighted by atomic mass is 16.6. The Kier molecular flexibility index (Phi) is 3.16. The normalized spacial score (nSPS) is 44.8. The van der Waals surface area contributed by atoms with E-state index in [-0.39, 0.29) is 28.6 Å². The van der Waals surface area contributed by atoms with Crippen LogP contribution in [0.1, 0.15) is 43.7 Å². The highest BCUT2D eigenvalue weighted by molar-refractivity contribution is 5.81. The van der Waals surface area contributed by atoms with Crippen LogP contribution in [0.5, 0.6) is 11.5 Å². The zero-order valence-electron chi connectivity index (χ0n) is 17.2. The van der Waals surface area contributed by atoms with Gasteiger partial charge in [-0.15, -0.1) is 0 Å². The van der Waals surface area contributed by atoms with E-state index in [0.29, 0.717) is 6.04 Å². The average Bonchev–Trinajstić information content (AvgIpc) is 3.07. The van der Waals surface area contributed by atoms with Gasteiger partial charge in [0, 0.05) is 29.5 Å². The molecule has 6 atom stereocenters. The number of likely N-dealkylation sites (tertiary alicyclic amines) is 1. The fourth-order valence-corrected chi connectivity index (χ4v) is 8.30. The molecule has 5 nitrogen and oxygen atoms in total. The average molecular weight is 383 g/mol. The van der Waals surface area contributed by atoms with Crippen LogP contribution < -0.4 is 9.47 Å². The number of hydrogen-bond donors (Lipinski definition) is 0. The van der Waals surface area contributed by atoms with Crippen LogP contribution in [0, 0.1) is 11.3 Å². The van der Waals surface area contributed by atoms with Crippen LogP contribution in [-0.2, 0) is 21.4 Å². The van der Waals surface area contributed by atoms with Gasteiger partial charge in [-0.25, -0.2) is 0 Å². The van der Waals surface area contributed by atoms with Crippen LogP contribution in [0.4, 0.5) is 0 Å². The molecule has 0 N–H and O–H groups in total. The van der Waals surface area contributed by atoms with Crippen molar-refractivity contribution in [3.8, 4) is 11.5 Å². The molecular formula is C23H29NO4. The fourth-order valence-electron chi connectivity index (χ4n) is 8.30. The van der Waals surface area contributed by atoms with Crippen molar-refractivity contribution in [3.05, 3.63) is 23.3 Å². The molecule has 1 aromatic rings. The summed E-state index contributed by atoms with van der Waals surface area (Å²) in [6.45, 7) is 2.80. The van der Waals surface area contributed by atoms with E-state index in [4.69, 9.17) is 14.2 Å². The number of ether oxygens (including phenoxy) is 3. The molecule has 5 heteroatoms. The zero-order chi connectivity index (χ0) is 19.5. The van der Waals surface area contributed by atoms with E-state index in [1.807, 2.05) is 0 Å². The molecule has 4 bridgehead atoms. The van der Waals surface area contributed by atoms with E-state index in [0.717, 1.165) is 50.1 Å². The van der Waals surface area contributed by atoms with Gasteiger partial charge in [0.15, 0.2) is 11.5 Å². The molecule has 28 heavy (non-hydrogen) atoms. The first kappa shape index (κ1) is 17.3. The van der Waals surface area contributed by atoms with Gasteiger partial charge < -0.3 is 19.1 Å². The van der Waals surface area contributed by atoms with Crippen molar-refractivity contribution in [1.29, 1.82) is 0 Å². The molecule has 0 aromatic heterocycles. The minimum absolute atomic E-state index is 0.0676. The molecule has 1 aromatic carbocycles. The summed E-state index contributed by atoms with van der Waals surface area (Å²) in [4.78, 5) is 15.4.